The normalized spacial score (nSPS) is 17.6. The van der Waals surface area contributed by atoms with E-state index in [9.17, 15) is 0 Å². The molecule has 0 radical (unpaired) electrons. The van der Waals surface area contributed by atoms with Crippen LogP contribution in [0, 0.1) is 5.92 Å². The van der Waals surface area contributed by atoms with E-state index in [1.165, 1.54) is 108 Å². The minimum absolute atomic E-state index is 0.144. The molecule has 8 aromatic carbocycles. The van der Waals surface area contributed by atoms with Crippen LogP contribution >= 0.6 is 0 Å². The molecule has 0 saturated heterocycles. The van der Waals surface area contributed by atoms with Crippen molar-refractivity contribution in [2.75, 3.05) is 4.90 Å². The monoisotopic (exact) mass is 805 g/mol. The van der Waals surface area contributed by atoms with Gasteiger partial charge in [-0.3, -0.25) is 0 Å². The zero-order valence-corrected chi connectivity index (χ0v) is 35.3. The van der Waals surface area contributed by atoms with E-state index >= 15 is 0 Å². The van der Waals surface area contributed by atoms with E-state index in [1.807, 2.05) is 0 Å². The van der Waals surface area contributed by atoms with Crippen LogP contribution in [0.3, 0.4) is 0 Å². The average Bonchev–Trinajstić information content (AvgIpc) is 4.05. The maximum absolute atomic E-state index is 2.53. The maximum atomic E-state index is 2.53. The zero-order chi connectivity index (χ0) is 41.5. The van der Waals surface area contributed by atoms with Gasteiger partial charge in [0, 0.05) is 28.4 Å². The van der Waals surface area contributed by atoms with Crippen LogP contribution in [-0.4, -0.2) is 0 Å². The summed E-state index contributed by atoms with van der Waals surface area (Å²) in [5, 5.41) is 2.64. The van der Waals surface area contributed by atoms with E-state index in [1.54, 1.807) is 0 Å². The number of hydrogen-bond acceptors (Lipinski definition) is 1. The standard InChI is InChI=1S/C62H47N/c1-3-16-46(17-4-1)62(47-18-5-2-6-19-47)58-24-12-10-22-53(58)55-36-34-50(41-60(55)62)63(49-33-29-44-26-25-43-15-7-8-20-51(43)56(44)40-49)48-31-27-42(28-32-48)45-30-35-54-52-21-9-11-23-57(52)61(59(54)39-45)37-13-14-38-61/h1-12,15-24,26-36,39-41,43H,13-14,25,37-38H2. The Morgan fingerprint density at radius 3 is 1.79 bits per heavy atom. The van der Waals surface area contributed by atoms with Gasteiger partial charge >= 0.3 is 0 Å². The molecule has 5 aliphatic rings. The molecule has 1 unspecified atom stereocenters. The van der Waals surface area contributed by atoms with Crippen molar-refractivity contribution < 1.29 is 0 Å². The molecule has 0 aliphatic heterocycles. The van der Waals surface area contributed by atoms with Gasteiger partial charge in [-0.1, -0.05) is 189 Å². The Morgan fingerprint density at radius 1 is 0.444 bits per heavy atom. The summed E-state index contributed by atoms with van der Waals surface area (Å²) in [6.07, 6.45) is 17.6. The number of allylic oxidation sites excluding steroid dienone is 4. The first kappa shape index (κ1) is 36.4. The van der Waals surface area contributed by atoms with Crippen LogP contribution in [0.2, 0.25) is 0 Å². The summed E-state index contributed by atoms with van der Waals surface area (Å²) in [7, 11) is 0. The van der Waals surface area contributed by atoms with Gasteiger partial charge in [0.1, 0.15) is 0 Å². The molecule has 1 saturated carbocycles. The molecule has 1 atom stereocenters. The number of fused-ring (bicyclic) bond motifs is 10. The van der Waals surface area contributed by atoms with Crippen molar-refractivity contribution in [3.05, 3.63) is 256 Å². The van der Waals surface area contributed by atoms with Gasteiger partial charge in [-0.05, 0) is 144 Å². The fourth-order valence-corrected chi connectivity index (χ4v) is 12.4. The molecule has 1 heteroatoms. The summed E-state index contributed by atoms with van der Waals surface area (Å²) in [6, 6.07) is 71.5. The van der Waals surface area contributed by atoms with Crippen LogP contribution in [0.15, 0.2) is 212 Å². The van der Waals surface area contributed by atoms with Crippen molar-refractivity contribution in [2.45, 2.75) is 42.9 Å². The lowest BCUT2D eigenvalue weighted by Crippen LogP contribution is -2.33. The van der Waals surface area contributed by atoms with Gasteiger partial charge in [0.15, 0.2) is 0 Å². The van der Waals surface area contributed by atoms with Gasteiger partial charge in [-0.25, -0.2) is 0 Å². The molecule has 1 fully saturated rings. The van der Waals surface area contributed by atoms with E-state index < -0.39 is 5.41 Å². The molecule has 63 heavy (non-hydrogen) atoms. The number of rotatable bonds is 6. The number of anilines is 3. The fourth-order valence-electron chi connectivity index (χ4n) is 12.4. The molecule has 8 aromatic rings. The second-order valence-corrected chi connectivity index (χ2v) is 18.3. The highest BCUT2D eigenvalue weighted by molar-refractivity contribution is 5.90. The lowest BCUT2D eigenvalue weighted by molar-refractivity contribution is 0.550. The van der Waals surface area contributed by atoms with Crippen LogP contribution in [0.25, 0.3) is 45.0 Å². The van der Waals surface area contributed by atoms with Crippen LogP contribution in [0.1, 0.15) is 65.5 Å². The summed E-state index contributed by atoms with van der Waals surface area (Å²) >= 11 is 0. The third kappa shape index (κ3) is 5.36. The molecule has 5 aliphatic carbocycles. The third-order valence-electron chi connectivity index (χ3n) is 15.2. The van der Waals surface area contributed by atoms with Gasteiger partial charge in [0.05, 0.1) is 5.41 Å². The molecule has 0 heterocycles. The molecule has 1 nitrogen and oxygen atoms in total. The highest BCUT2D eigenvalue weighted by Crippen LogP contribution is 2.59. The van der Waals surface area contributed by atoms with Crippen LogP contribution < -0.4 is 15.3 Å². The molecule has 1 spiro atoms. The first-order valence-electron chi connectivity index (χ1n) is 22.9. The molecular weight excluding hydrogens is 759 g/mol. The number of hydrogen-bond donors (Lipinski definition) is 0. The van der Waals surface area contributed by atoms with Gasteiger partial charge in [-0.2, -0.15) is 0 Å². The Bertz CT molecular complexity index is 3270. The molecule has 0 bridgehead atoms. The van der Waals surface area contributed by atoms with Crippen molar-refractivity contribution in [1.29, 1.82) is 0 Å². The zero-order valence-electron chi connectivity index (χ0n) is 35.3. The predicted molar refractivity (Wildman–Crippen MR) is 262 cm³/mol. The Labute approximate surface area is 370 Å². The molecular formula is C62H47N. The van der Waals surface area contributed by atoms with E-state index in [2.05, 4.69) is 223 Å². The smallest absolute Gasteiger partial charge is 0.0714 e. The lowest BCUT2D eigenvalue weighted by atomic mass is 9.67. The van der Waals surface area contributed by atoms with Crippen molar-refractivity contribution >= 4 is 28.7 Å². The van der Waals surface area contributed by atoms with Crippen molar-refractivity contribution in [1.82, 2.24) is 0 Å². The quantitative estimate of drug-likeness (QED) is 0.162. The first-order valence-corrected chi connectivity index (χ1v) is 22.9. The number of benzene rings is 8. The van der Waals surface area contributed by atoms with Gasteiger partial charge < -0.3 is 4.90 Å². The highest BCUT2D eigenvalue weighted by atomic mass is 15.1. The molecule has 300 valence electrons. The highest BCUT2D eigenvalue weighted by Gasteiger charge is 2.47. The van der Waals surface area contributed by atoms with Gasteiger partial charge in [0.2, 0.25) is 0 Å². The van der Waals surface area contributed by atoms with Crippen molar-refractivity contribution in [2.24, 2.45) is 5.92 Å². The Morgan fingerprint density at radius 2 is 1.03 bits per heavy atom. The summed E-state index contributed by atoms with van der Waals surface area (Å²) < 4.78 is 0. The molecule has 13 rings (SSSR count). The fraction of sp³-hybridized carbons (Fsp3) is 0.129. The lowest BCUT2D eigenvalue weighted by Gasteiger charge is -2.35. The van der Waals surface area contributed by atoms with Crippen LogP contribution in [0.5, 0.6) is 0 Å². The summed E-state index contributed by atoms with van der Waals surface area (Å²) in [5.74, 6) is 0.407. The predicted octanol–water partition coefficient (Wildman–Crippen LogP) is 14.1. The Kier molecular flexibility index (Phi) is 8.19. The third-order valence-corrected chi connectivity index (χ3v) is 15.2. The minimum Gasteiger partial charge on any atom is -0.310 e. The summed E-state index contributed by atoms with van der Waals surface area (Å²) in [5.41, 5.74) is 20.7. The number of nitrogens with zero attached hydrogens (tertiary/aromatic N) is 1. The maximum Gasteiger partial charge on any atom is 0.0714 e. The summed E-state index contributed by atoms with van der Waals surface area (Å²) in [4.78, 5) is 2.49. The Hall–Kier alpha value is -7.22. The van der Waals surface area contributed by atoms with E-state index in [0.29, 0.717) is 5.92 Å². The first-order chi connectivity index (χ1) is 31.2. The summed E-state index contributed by atoms with van der Waals surface area (Å²) in [6.45, 7) is 0. The average molecular weight is 806 g/mol. The van der Waals surface area contributed by atoms with E-state index in [-0.39, 0.29) is 5.41 Å². The largest absolute Gasteiger partial charge is 0.310 e. The Balaban J connectivity index is 0.995. The molecule has 0 amide bonds. The van der Waals surface area contributed by atoms with E-state index in [0.717, 1.165) is 23.5 Å². The second-order valence-electron chi connectivity index (χ2n) is 18.3. The minimum atomic E-state index is -0.489. The van der Waals surface area contributed by atoms with Crippen LogP contribution in [-0.2, 0) is 10.8 Å². The van der Waals surface area contributed by atoms with E-state index in [4.69, 9.17) is 0 Å². The molecule has 0 aromatic heterocycles. The van der Waals surface area contributed by atoms with Crippen molar-refractivity contribution in [3.8, 4) is 33.4 Å². The molecule has 0 N–H and O–H groups in total. The van der Waals surface area contributed by atoms with Gasteiger partial charge in [0.25, 0.3) is 0 Å². The van der Waals surface area contributed by atoms with Crippen molar-refractivity contribution in [3.63, 3.8) is 0 Å². The SMILES string of the molecule is C1=CC2=c3cc(N(c4ccc(-c5ccc6c(c5)C5(CCCC5)c5ccccc5-6)cc4)c4ccc5c(c4)C(c4ccccc4)(c4ccccc4)c4ccccc4-5)ccc3=CCC2C=C1. The second kappa shape index (κ2) is 14.2. The van der Waals surface area contributed by atoms with Crippen LogP contribution in [0.4, 0.5) is 17.1 Å². The van der Waals surface area contributed by atoms with Gasteiger partial charge in [-0.15, -0.1) is 0 Å². The topological polar surface area (TPSA) is 3.24 Å².